The first-order valence-corrected chi connectivity index (χ1v) is 11.0. The van der Waals surface area contributed by atoms with Gasteiger partial charge in [0.1, 0.15) is 0 Å². The first kappa shape index (κ1) is 18.2. The number of hydrogen-bond donors (Lipinski definition) is 1. The number of thioether (sulfide) groups is 1. The molecule has 1 aromatic heterocycles. The third-order valence-electron chi connectivity index (χ3n) is 5.75. The largest absolute Gasteiger partial charge is 0.392 e. The van der Waals surface area contributed by atoms with Crippen molar-refractivity contribution in [2.75, 3.05) is 25.4 Å². The second-order valence-corrected chi connectivity index (χ2v) is 9.30. The van der Waals surface area contributed by atoms with Gasteiger partial charge in [-0.05, 0) is 31.9 Å². The van der Waals surface area contributed by atoms with Gasteiger partial charge < -0.3 is 14.7 Å². The average Bonchev–Trinajstić information content (AvgIpc) is 3.09. The number of hydrogen-bond acceptors (Lipinski definition) is 6. The van der Waals surface area contributed by atoms with Gasteiger partial charge >= 0.3 is 0 Å². The third kappa shape index (κ3) is 3.26. The van der Waals surface area contributed by atoms with Gasteiger partial charge in [0, 0.05) is 31.5 Å². The van der Waals surface area contributed by atoms with Crippen molar-refractivity contribution in [2.24, 2.45) is 5.41 Å². The van der Waals surface area contributed by atoms with Crippen LogP contribution in [0.4, 0.5) is 0 Å². The van der Waals surface area contributed by atoms with Crippen molar-refractivity contribution in [3.05, 3.63) is 24.3 Å². The van der Waals surface area contributed by atoms with Gasteiger partial charge in [0.2, 0.25) is 5.91 Å². The molecule has 26 heavy (non-hydrogen) atoms. The zero-order valence-electron chi connectivity index (χ0n) is 14.9. The zero-order chi connectivity index (χ0) is 18.1. The van der Waals surface area contributed by atoms with E-state index in [0.29, 0.717) is 25.4 Å². The van der Waals surface area contributed by atoms with Crippen LogP contribution in [0.2, 0.25) is 0 Å². The maximum absolute atomic E-state index is 12.6. The number of fused-ring (bicyclic) bond motifs is 1. The number of aromatic nitrogens is 1. The minimum atomic E-state index is -0.284. The Kier molecular flexibility index (Phi) is 5.23. The van der Waals surface area contributed by atoms with Crippen LogP contribution < -0.4 is 0 Å². The summed E-state index contributed by atoms with van der Waals surface area (Å²) in [6.07, 6.45) is 2.26. The van der Waals surface area contributed by atoms with Gasteiger partial charge in [-0.2, -0.15) is 0 Å². The van der Waals surface area contributed by atoms with E-state index in [1.54, 1.807) is 11.3 Å². The molecule has 2 fully saturated rings. The number of aliphatic hydroxyl groups is 1. The van der Waals surface area contributed by atoms with E-state index in [2.05, 4.69) is 11.1 Å². The number of aliphatic hydroxyl groups excluding tert-OH is 1. The van der Waals surface area contributed by atoms with Crippen LogP contribution in [-0.2, 0) is 9.53 Å². The van der Waals surface area contributed by atoms with E-state index in [1.807, 2.05) is 30.0 Å². The first-order valence-electron chi connectivity index (χ1n) is 9.18. The number of nitrogens with zero attached hydrogens (tertiary/aromatic N) is 2. The normalized spacial score (nSPS) is 24.8. The van der Waals surface area contributed by atoms with Crippen molar-refractivity contribution in [1.82, 2.24) is 9.88 Å². The summed E-state index contributed by atoms with van der Waals surface area (Å²) in [6, 6.07) is 8.05. The fraction of sp³-hybridized carbons (Fsp3) is 0.579. The number of carbonyl (C=O) groups is 1. The molecular weight excluding hydrogens is 368 g/mol. The predicted molar refractivity (Wildman–Crippen MR) is 105 cm³/mol. The monoisotopic (exact) mass is 392 g/mol. The minimum absolute atomic E-state index is 0.132. The number of carbonyl (C=O) groups excluding carboxylic acids is 1. The molecule has 2 heterocycles. The van der Waals surface area contributed by atoms with Gasteiger partial charge in [-0.3, -0.25) is 4.79 Å². The quantitative estimate of drug-likeness (QED) is 0.792. The van der Waals surface area contributed by atoms with Gasteiger partial charge in [0.05, 0.1) is 28.2 Å². The molecule has 2 aliphatic rings. The molecule has 1 aromatic carbocycles. The lowest BCUT2D eigenvalue weighted by Gasteiger charge is -2.56. The fourth-order valence-corrected chi connectivity index (χ4v) is 6.09. The molecule has 0 radical (unpaired) electrons. The van der Waals surface area contributed by atoms with Crippen molar-refractivity contribution < 1.29 is 14.6 Å². The Morgan fingerprint density at radius 1 is 1.42 bits per heavy atom. The molecule has 140 valence electrons. The maximum atomic E-state index is 12.6. The van der Waals surface area contributed by atoms with Crippen molar-refractivity contribution >= 4 is 39.2 Å². The van der Waals surface area contributed by atoms with Crippen LogP contribution in [0, 0.1) is 5.41 Å². The highest BCUT2D eigenvalue weighted by molar-refractivity contribution is 8.01. The summed E-state index contributed by atoms with van der Waals surface area (Å²) < 4.78 is 7.90. The summed E-state index contributed by atoms with van der Waals surface area (Å²) >= 11 is 3.15. The van der Waals surface area contributed by atoms with Gasteiger partial charge in [-0.15, -0.1) is 11.3 Å². The second kappa shape index (κ2) is 7.46. The molecule has 1 N–H and O–H groups in total. The molecular formula is C19H24N2O3S2. The Labute approximate surface area is 161 Å². The fourth-order valence-electron chi connectivity index (χ4n) is 4.12. The summed E-state index contributed by atoms with van der Waals surface area (Å²) in [4.78, 5) is 19.1. The molecule has 1 amide bonds. The van der Waals surface area contributed by atoms with E-state index in [1.165, 1.54) is 11.8 Å². The molecule has 2 unspecified atom stereocenters. The summed E-state index contributed by atoms with van der Waals surface area (Å²) in [7, 11) is 0. The van der Waals surface area contributed by atoms with Crippen molar-refractivity contribution in [3.8, 4) is 0 Å². The molecule has 1 aliphatic heterocycles. The van der Waals surface area contributed by atoms with Crippen LogP contribution in [0.15, 0.2) is 28.6 Å². The lowest BCUT2D eigenvalue weighted by molar-refractivity contribution is -0.209. The molecule has 2 atom stereocenters. The van der Waals surface area contributed by atoms with Crippen LogP contribution >= 0.6 is 23.1 Å². The standard InChI is InChI=1S/C19H24N2O3S2/c1-2-24-16-11-15(22)19(16)7-9-21(10-8-19)17(23)12-25-18-20-13-5-3-4-6-14(13)26-18/h3-6,15-16,22H,2,7-12H2,1H3. The van der Waals surface area contributed by atoms with Gasteiger partial charge in [0.15, 0.2) is 4.34 Å². The summed E-state index contributed by atoms with van der Waals surface area (Å²) in [5.41, 5.74) is 0.862. The Bertz CT molecular complexity index is 751. The summed E-state index contributed by atoms with van der Waals surface area (Å²) in [5.74, 6) is 0.579. The smallest absolute Gasteiger partial charge is 0.233 e. The van der Waals surface area contributed by atoms with E-state index in [4.69, 9.17) is 4.74 Å². The number of benzene rings is 1. The molecule has 0 bridgehead atoms. The molecule has 1 aliphatic carbocycles. The van der Waals surface area contributed by atoms with Crippen LogP contribution in [-0.4, -0.2) is 58.6 Å². The van der Waals surface area contributed by atoms with E-state index in [-0.39, 0.29) is 23.5 Å². The number of para-hydroxylation sites is 1. The molecule has 1 spiro atoms. The number of rotatable bonds is 5. The zero-order valence-corrected chi connectivity index (χ0v) is 16.5. The van der Waals surface area contributed by atoms with E-state index >= 15 is 0 Å². The van der Waals surface area contributed by atoms with Crippen LogP contribution in [0.1, 0.15) is 26.2 Å². The number of thiazole rings is 1. The Hall–Kier alpha value is -1.15. The number of ether oxygens (including phenoxy) is 1. The SMILES string of the molecule is CCOC1CC(O)C12CCN(C(=O)CSc1nc3ccccc3s1)CC2. The van der Waals surface area contributed by atoms with Gasteiger partial charge in [0.25, 0.3) is 0 Å². The highest BCUT2D eigenvalue weighted by atomic mass is 32.2. The molecule has 4 rings (SSSR count). The maximum Gasteiger partial charge on any atom is 0.233 e. The van der Waals surface area contributed by atoms with Gasteiger partial charge in [-0.1, -0.05) is 23.9 Å². The number of amides is 1. The highest BCUT2D eigenvalue weighted by Crippen LogP contribution is 2.51. The Morgan fingerprint density at radius 3 is 2.88 bits per heavy atom. The van der Waals surface area contributed by atoms with Crippen molar-refractivity contribution in [1.29, 1.82) is 0 Å². The lowest BCUT2D eigenvalue weighted by Crippen LogP contribution is -2.62. The van der Waals surface area contributed by atoms with E-state index in [9.17, 15) is 9.90 Å². The number of piperidine rings is 1. The molecule has 1 saturated heterocycles. The Balaban J connectivity index is 1.31. The topological polar surface area (TPSA) is 62.7 Å². The molecule has 5 nitrogen and oxygen atoms in total. The number of likely N-dealkylation sites (tertiary alicyclic amines) is 1. The third-order valence-corrected chi connectivity index (χ3v) is 7.91. The van der Waals surface area contributed by atoms with Gasteiger partial charge in [-0.25, -0.2) is 4.98 Å². The summed E-state index contributed by atoms with van der Waals surface area (Å²) in [5, 5.41) is 10.3. The molecule has 2 aromatic rings. The van der Waals surface area contributed by atoms with Crippen molar-refractivity contribution in [3.63, 3.8) is 0 Å². The molecule has 7 heteroatoms. The highest BCUT2D eigenvalue weighted by Gasteiger charge is 2.56. The van der Waals surface area contributed by atoms with Crippen molar-refractivity contribution in [2.45, 2.75) is 42.7 Å². The second-order valence-electron chi connectivity index (χ2n) is 7.05. The van der Waals surface area contributed by atoms with E-state index in [0.717, 1.165) is 33.8 Å². The van der Waals surface area contributed by atoms with Crippen LogP contribution in [0.3, 0.4) is 0 Å². The van der Waals surface area contributed by atoms with Crippen LogP contribution in [0.5, 0.6) is 0 Å². The molecule has 1 saturated carbocycles. The van der Waals surface area contributed by atoms with Crippen LogP contribution in [0.25, 0.3) is 10.2 Å². The first-order chi connectivity index (χ1) is 12.6. The summed E-state index contributed by atoms with van der Waals surface area (Å²) in [6.45, 7) is 4.09. The average molecular weight is 393 g/mol. The lowest BCUT2D eigenvalue weighted by atomic mass is 9.58. The predicted octanol–water partition coefficient (Wildman–Crippen LogP) is 3.17. The van der Waals surface area contributed by atoms with E-state index < -0.39 is 0 Å². The Morgan fingerprint density at radius 2 is 2.19 bits per heavy atom. The minimum Gasteiger partial charge on any atom is -0.392 e.